The summed E-state index contributed by atoms with van der Waals surface area (Å²) in [6, 6.07) is 0. The largest absolute Gasteiger partial charge is 0.451 e. The zero-order valence-corrected chi connectivity index (χ0v) is 6.73. The molecule has 1 aromatic heterocycles. The van der Waals surface area contributed by atoms with E-state index in [0.717, 1.165) is 12.8 Å². The first kappa shape index (κ1) is 6.36. The van der Waals surface area contributed by atoms with Crippen molar-refractivity contribution in [2.24, 2.45) is 0 Å². The summed E-state index contributed by atoms with van der Waals surface area (Å²) in [6.07, 6.45) is 2.54. The molecule has 1 N–H and O–H groups in total. The summed E-state index contributed by atoms with van der Waals surface area (Å²) in [4.78, 5) is 16.4. The van der Waals surface area contributed by atoms with Crippen LogP contribution in [0.15, 0.2) is 0 Å². The molecule has 0 amide bonds. The fourth-order valence-electron chi connectivity index (χ4n) is 2.02. The second-order valence-corrected chi connectivity index (χ2v) is 3.18. The molecule has 66 valence electrons. The monoisotopic (exact) mass is 170 g/mol. The van der Waals surface area contributed by atoms with Crippen LogP contribution in [0, 0.1) is 0 Å². The maximum absolute atomic E-state index is 11.1. The van der Waals surface area contributed by atoms with Gasteiger partial charge in [0, 0.05) is 0 Å². The number of carbonyl (C=O) groups excluding carboxylic acids is 1. The normalized spacial score (nSPS) is 31.1. The van der Waals surface area contributed by atoms with Crippen LogP contribution in [-0.2, 0) is 4.74 Å². The summed E-state index contributed by atoms with van der Waals surface area (Å²) in [5.74, 6) is 0. The van der Waals surface area contributed by atoms with Crippen molar-refractivity contribution in [2.45, 2.75) is 25.2 Å². The number of aromatic nitrogens is 3. The van der Waals surface area contributed by atoms with Gasteiger partial charge in [-0.15, -0.1) is 0 Å². The molecule has 3 rings (SSSR count). The van der Waals surface area contributed by atoms with Gasteiger partial charge in [-0.05, 0) is 12.8 Å². The van der Waals surface area contributed by atoms with E-state index in [2.05, 4.69) is 10.1 Å². The van der Waals surface area contributed by atoms with Crippen molar-refractivity contribution in [1.82, 2.24) is 19.7 Å². The maximum Gasteiger partial charge on any atom is 0.451 e. The number of fused-ring (bicyclic) bond motifs is 5. The van der Waals surface area contributed by atoms with Crippen molar-refractivity contribution < 1.29 is 9.53 Å². The Hall–Kier alpha value is -1.17. The molecule has 1 saturated heterocycles. The molecule has 1 fully saturated rings. The molecule has 2 aliphatic rings. The molecule has 1 aromatic rings. The van der Waals surface area contributed by atoms with E-state index >= 15 is 0 Å². The van der Waals surface area contributed by atoms with E-state index in [1.54, 1.807) is 4.80 Å². The SMILES string of the molecule is COC(=O)n1n2n1C1CCC2N1. The lowest BCUT2D eigenvalue weighted by Gasteiger charge is -2.02. The van der Waals surface area contributed by atoms with Crippen LogP contribution >= 0.6 is 0 Å². The average Bonchev–Trinajstić information content (AvgIpc) is 2.53. The van der Waals surface area contributed by atoms with Gasteiger partial charge < -0.3 is 4.74 Å². The number of methoxy groups -OCH3 is 1. The first-order valence-electron chi connectivity index (χ1n) is 4.05. The minimum Gasteiger partial charge on any atom is -0.450 e. The fraction of sp³-hybridized carbons (Fsp3) is 0.833. The molecule has 0 spiro atoms. The fourth-order valence-corrected chi connectivity index (χ4v) is 2.02. The van der Waals surface area contributed by atoms with E-state index in [4.69, 9.17) is 0 Å². The minimum atomic E-state index is -0.298. The third-order valence-corrected chi connectivity index (χ3v) is 2.56. The molecule has 12 heavy (non-hydrogen) atoms. The van der Waals surface area contributed by atoms with Crippen LogP contribution in [0.25, 0.3) is 0 Å². The van der Waals surface area contributed by atoms with E-state index < -0.39 is 0 Å². The summed E-state index contributed by atoms with van der Waals surface area (Å²) >= 11 is 0. The standard InChI is InChI=1S/C6H10N4O2/c1-12-6(11)10-8-4-2-3-5(7-4)9(8)10/h4-5,7H,2-3H2,1H3. The van der Waals surface area contributed by atoms with E-state index in [9.17, 15) is 4.79 Å². The summed E-state index contributed by atoms with van der Waals surface area (Å²) in [7, 11) is 1.40. The Labute approximate surface area is 68.6 Å². The van der Waals surface area contributed by atoms with Crippen LogP contribution in [0.5, 0.6) is 0 Å². The summed E-state index contributed by atoms with van der Waals surface area (Å²) < 4.78 is 4.61. The Morgan fingerprint density at radius 2 is 2.00 bits per heavy atom. The number of hydrogen-bond donors (Lipinski definition) is 1. The summed E-state index contributed by atoms with van der Waals surface area (Å²) in [5, 5.41) is 3.34. The number of carbonyl (C=O) groups is 1. The third kappa shape index (κ3) is 0.534. The van der Waals surface area contributed by atoms with Gasteiger partial charge in [-0.2, -0.15) is 9.59 Å². The Bertz CT molecular complexity index is 311. The molecule has 2 unspecified atom stereocenters. The van der Waals surface area contributed by atoms with Gasteiger partial charge in [0.1, 0.15) is 12.3 Å². The highest BCUT2D eigenvalue weighted by Gasteiger charge is 2.47. The van der Waals surface area contributed by atoms with Gasteiger partial charge >= 0.3 is 6.09 Å². The molecular formula is C6H10N4O2. The van der Waals surface area contributed by atoms with Gasteiger partial charge in [-0.3, -0.25) is 5.32 Å². The van der Waals surface area contributed by atoms with Crippen molar-refractivity contribution in [2.75, 3.05) is 7.11 Å². The summed E-state index contributed by atoms with van der Waals surface area (Å²) in [5.41, 5.74) is 0. The topological polar surface area (TPSA) is 53.1 Å². The predicted molar refractivity (Wildman–Crippen MR) is 38.7 cm³/mol. The molecule has 6 nitrogen and oxygen atoms in total. The first-order valence-corrected chi connectivity index (χ1v) is 4.05. The maximum atomic E-state index is 11.1. The lowest BCUT2D eigenvalue weighted by molar-refractivity contribution is 0.166. The molecule has 0 aliphatic carbocycles. The molecule has 2 atom stereocenters. The van der Waals surface area contributed by atoms with Crippen molar-refractivity contribution in [3.63, 3.8) is 0 Å². The molecule has 6 heteroatoms. The van der Waals surface area contributed by atoms with Gasteiger partial charge in [0.05, 0.1) is 7.11 Å². The van der Waals surface area contributed by atoms with E-state index in [0.29, 0.717) is 12.3 Å². The number of ether oxygens (including phenoxy) is 1. The predicted octanol–water partition coefficient (Wildman–Crippen LogP) is 0.0998. The van der Waals surface area contributed by atoms with Crippen LogP contribution in [0.3, 0.4) is 0 Å². The number of nitrogens with zero attached hydrogens (tertiary/aromatic N) is 3. The zero-order chi connectivity index (χ0) is 8.29. The van der Waals surface area contributed by atoms with Crippen LogP contribution in [0.2, 0.25) is 0 Å². The van der Waals surface area contributed by atoms with E-state index in [1.165, 1.54) is 7.11 Å². The zero-order valence-electron chi connectivity index (χ0n) is 6.73. The van der Waals surface area contributed by atoms with Gasteiger partial charge in [-0.25, -0.2) is 4.79 Å². The molecule has 2 bridgehead atoms. The van der Waals surface area contributed by atoms with Crippen molar-refractivity contribution in [3.8, 4) is 0 Å². The first-order chi connectivity index (χ1) is 5.83. The van der Waals surface area contributed by atoms with E-state index in [-0.39, 0.29) is 6.09 Å². The Morgan fingerprint density at radius 1 is 1.42 bits per heavy atom. The van der Waals surface area contributed by atoms with Crippen LogP contribution < -0.4 is 5.32 Å². The molecule has 2 aliphatic heterocycles. The van der Waals surface area contributed by atoms with Gasteiger partial charge in [0.25, 0.3) is 0 Å². The quantitative estimate of drug-likeness (QED) is 0.600. The molecule has 0 aromatic carbocycles. The smallest absolute Gasteiger partial charge is 0.450 e. The Balaban J connectivity index is 1.95. The van der Waals surface area contributed by atoms with Crippen LogP contribution in [0.1, 0.15) is 25.2 Å². The second-order valence-electron chi connectivity index (χ2n) is 3.18. The van der Waals surface area contributed by atoms with Crippen LogP contribution in [-0.4, -0.2) is 27.6 Å². The van der Waals surface area contributed by atoms with Gasteiger partial charge in [-0.1, -0.05) is 4.80 Å². The molecular weight excluding hydrogens is 160 g/mol. The van der Waals surface area contributed by atoms with Gasteiger partial charge in [0.2, 0.25) is 0 Å². The highest BCUT2D eigenvalue weighted by Crippen LogP contribution is 2.38. The number of rotatable bonds is 0. The lowest BCUT2D eigenvalue weighted by atomic mass is 10.3. The van der Waals surface area contributed by atoms with Crippen molar-refractivity contribution >= 4 is 6.09 Å². The second kappa shape index (κ2) is 1.77. The minimum absolute atomic E-state index is 0.298. The third-order valence-electron chi connectivity index (χ3n) is 2.56. The Kier molecular flexibility index (Phi) is 0.936. The van der Waals surface area contributed by atoms with Crippen molar-refractivity contribution in [1.29, 1.82) is 0 Å². The molecule has 0 radical (unpaired) electrons. The molecule has 0 saturated carbocycles. The number of hydrogen-bond acceptors (Lipinski definition) is 3. The average molecular weight is 170 g/mol. The highest BCUT2D eigenvalue weighted by molar-refractivity contribution is 5.69. The lowest BCUT2D eigenvalue weighted by Crippen LogP contribution is -2.22. The Morgan fingerprint density at radius 3 is 2.50 bits per heavy atom. The van der Waals surface area contributed by atoms with Crippen molar-refractivity contribution in [3.05, 3.63) is 0 Å². The van der Waals surface area contributed by atoms with Crippen LogP contribution in [0.4, 0.5) is 4.79 Å². The summed E-state index contributed by atoms with van der Waals surface area (Å²) in [6.45, 7) is 0. The number of nitrogens with one attached hydrogen (secondary N) is 1. The van der Waals surface area contributed by atoms with E-state index in [1.807, 2.05) is 9.59 Å². The highest BCUT2D eigenvalue weighted by atomic mass is 16.6. The van der Waals surface area contributed by atoms with Gasteiger partial charge in [0.15, 0.2) is 0 Å². The molecule has 3 heterocycles.